The molecule has 2 fully saturated rings. The number of aryl methyl sites for hydroxylation is 2. The van der Waals surface area contributed by atoms with Gasteiger partial charge in [-0.1, -0.05) is 0 Å². The van der Waals surface area contributed by atoms with Gasteiger partial charge < -0.3 is 14.6 Å². The highest BCUT2D eigenvalue weighted by Gasteiger charge is 2.49. The van der Waals surface area contributed by atoms with E-state index in [9.17, 15) is 9.90 Å². The molecule has 3 aromatic rings. The highest BCUT2D eigenvalue weighted by molar-refractivity contribution is 5.95. The van der Waals surface area contributed by atoms with Crippen molar-refractivity contribution < 1.29 is 9.90 Å². The van der Waals surface area contributed by atoms with Crippen molar-refractivity contribution in [2.45, 2.75) is 56.8 Å². The van der Waals surface area contributed by atoms with Gasteiger partial charge in [0.05, 0.1) is 35.1 Å². The number of hydrogen-bond acceptors (Lipinski definition) is 4. The summed E-state index contributed by atoms with van der Waals surface area (Å²) < 4.78 is 3.78. The highest BCUT2D eigenvalue weighted by atomic mass is 16.3. The topological polar surface area (TPSA) is 76.2 Å². The van der Waals surface area contributed by atoms with E-state index in [4.69, 9.17) is 0 Å². The van der Waals surface area contributed by atoms with Gasteiger partial charge in [0, 0.05) is 43.1 Å². The van der Waals surface area contributed by atoms with Crippen LogP contribution in [0.25, 0.3) is 10.9 Å². The lowest BCUT2D eigenvalue weighted by atomic mass is 9.85. The number of carbonyl (C=O) groups excluding carboxylic acids is 1. The van der Waals surface area contributed by atoms with E-state index in [0.717, 1.165) is 29.4 Å². The number of amides is 1. The van der Waals surface area contributed by atoms with Gasteiger partial charge in [0.2, 0.25) is 0 Å². The average molecular weight is 379 g/mol. The third-order valence-corrected chi connectivity index (χ3v) is 6.37. The molecular weight excluding hydrogens is 354 g/mol. The minimum Gasteiger partial charge on any atom is -0.388 e. The summed E-state index contributed by atoms with van der Waals surface area (Å²) in [4.78, 5) is 19.4. The van der Waals surface area contributed by atoms with Crippen molar-refractivity contribution in [2.75, 3.05) is 0 Å². The number of carbonyl (C=O) groups is 1. The van der Waals surface area contributed by atoms with Crippen LogP contribution in [0.15, 0.2) is 36.9 Å². The molecule has 0 saturated carbocycles. The molecule has 7 nitrogen and oxygen atoms in total. The number of aromatic nitrogens is 4. The van der Waals surface area contributed by atoms with Crippen LogP contribution in [0, 0.1) is 6.92 Å². The van der Waals surface area contributed by atoms with E-state index in [2.05, 4.69) is 20.7 Å². The van der Waals surface area contributed by atoms with Crippen LogP contribution in [0.5, 0.6) is 0 Å². The van der Waals surface area contributed by atoms with Gasteiger partial charge in [-0.2, -0.15) is 5.10 Å². The predicted octanol–water partition coefficient (Wildman–Crippen LogP) is 2.28. The SMILES string of the molecule is Cc1nn(C)cc1C(=O)N1[C@@H]2CC[C@H]1CC(O)(Cn1ccc3ccncc31)C2. The number of piperidine rings is 1. The Bertz CT molecular complexity index is 1040. The van der Waals surface area contributed by atoms with Crippen LogP contribution in [-0.2, 0) is 13.6 Å². The standard InChI is InChI=1S/C21H25N5O2/c1-14-18(12-24(2)23-14)20(27)26-16-3-4-17(26)10-21(28,9-16)13-25-8-6-15-5-7-22-11-19(15)25/h5-8,11-12,16-17,28H,3-4,9-10,13H2,1-2H3/t16-,17+,21?. The summed E-state index contributed by atoms with van der Waals surface area (Å²) in [5, 5.41) is 16.9. The monoisotopic (exact) mass is 379 g/mol. The molecule has 0 aliphatic carbocycles. The first-order valence-corrected chi connectivity index (χ1v) is 9.88. The maximum atomic E-state index is 13.2. The maximum absolute atomic E-state index is 13.2. The number of rotatable bonds is 3. The number of pyridine rings is 1. The zero-order chi connectivity index (χ0) is 19.5. The number of aliphatic hydroxyl groups is 1. The lowest BCUT2D eigenvalue weighted by Crippen LogP contribution is -2.54. The second-order valence-electron chi connectivity index (χ2n) is 8.41. The average Bonchev–Trinajstić information content (AvgIpc) is 3.29. The molecule has 5 rings (SSSR count). The van der Waals surface area contributed by atoms with Crippen molar-refractivity contribution in [3.63, 3.8) is 0 Å². The van der Waals surface area contributed by atoms with E-state index in [1.165, 1.54) is 0 Å². The molecule has 1 unspecified atom stereocenters. The molecular formula is C21H25N5O2. The minimum absolute atomic E-state index is 0.0516. The summed E-state index contributed by atoms with van der Waals surface area (Å²) >= 11 is 0. The smallest absolute Gasteiger partial charge is 0.257 e. The fourth-order valence-electron chi connectivity index (χ4n) is 5.22. The van der Waals surface area contributed by atoms with Crippen molar-refractivity contribution in [1.29, 1.82) is 0 Å². The Morgan fingerprint density at radius 2 is 2.04 bits per heavy atom. The van der Waals surface area contributed by atoms with E-state index in [1.807, 2.05) is 37.3 Å². The Balaban J connectivity index is 1.39. The van der Waals surface area contributed by atoms with Crippen molar-refractivity contribution in [1.82, 2.24) is 24.2 Å². The first-order chi connectivity index (χ1) is 13.4. The molecule has 0 aromatic carbocycles. The van der Waals surface area contributed by atoms with Gasteiger partial charge in [-0.25, -0.2) is 0 Å². The van der Waals surface area contributed by atoms with Crippen LogP contribution < -0.4 is 0 Å². The van der Waals surface area contributed by atoms with Crippen LogP contribution in [0.1, 0.15) is 41.7 Å². The number of hydrogen-bond donors (Lipinski definition) is 1. The molecule has 3 aromatic heterocycles. The Kier molecular flexibility index (Phi) is 3.84. The second-order valence-corrected chi connectivity index (χ2v) is 8.41. The summed E-state index contributed by atoms with van der Waals surface area (Å²) in [5.41, 5.74) is 1.66. The first-order valence-electron chi connectivity index (χ1n) is 9.88. The van der Waals surface area contributed by atoms with Crippen molar-refractivity contribution in [3.8, 4) is 0 Å². The normalized spacial score (nSPS) is 26.9. The Morgan fingerprint density at radius 1 is 1.29 bits per heavy atom. The van der Waals surface area contributed by atoms with Gasteiger partial charge in [-0.3, -0.25) is 14.5 Å². The van der Waals surface area contributed by atoms with Gasteiger partial charge in [-0.05, 0) is 44.7 Å². The van der Waals surface area contributed by atoms with Crippen LogP contribution in [-0.4, -0.2) is 52.9 Å². The zero-order valence-corrected chi connectivity index (χ0v) is 16.2. The van der Waals surface area contributed by atoms with Gasteiger partial charge in [0.15, 0.2) is 0 Å². The van der Waals surface area contributed by atoms with E-state index in [0.29, 0.717) is 24.9 Å². The zero-order valence-electron chi connectivity index (χ0n) is 16.2. The molecule has 2 aliphatic rings. The van der Waals surface area contributed by atoms with Crippen LogP contribution >= 0.6 is 0 Å². The van der Waals surface area contributed by atoms with Gasteiger partial charge in [-0.15, -0.1) is 0 Å². The summed E-state index contributed by atoms with van der Waals surface area (Å²) in [6, 6.07) is 4.20. The van der Waals surface area contributed by atoms with Gasteiger partial charge >= 0.3 is 0 Å². The summed E-state index contributed by atoms with van der Waals surface area (Å²) in [5.74, 6) is 0.0516. The maximum Gasteiger partial charge on any atom is 0.257 e. The predicted molar refractivity (Wildman–Crippen MR) is 105 cm³/mol. The Labute approximate surface area is 163 Å². The molecule has 2 aliphatic heterocycles. The third kappa shape index (κ3) is 2.73. The molecule has 1 N–H and O–H groups in total. The summed E-state index contributed by atoms with van der Waals surface area (Å²) in [6.45, 7) is 2.41. The van der Waals surface area contributed by atoms with Crippen LogP contribution in [0.3, 0.4) is 0 Å². The van der Waals surface area contributed by atoms with E-state index < -0.39 is 5.60 Å². The van der Waals surface area contributed by atoms with Crippen molar-refractivity contribution in [3.05, 3.63) is 48.2 Å². The van der Waals surface area contributed by atoms with Crippen molar-refractivity contribution in [2.24, 2.45) is 7.05 Å². The van der Waals surface area contributed by atoms with Gasteiger partial charge in [0.25, 0.3) is 5.91 Å². The fraction of sp³-hybridized carbons (Fsp3) is 0.476. The van der Waals surface area contributed by atoms with E-state index >= 15 is 0 Å². The largest absolute Gasteiger partial charge is 0.388 e. The summed E-state index contributed by atoms with van der Waals surface area (Å²) in [6.07, 6.45) is 10.6. The first kappa shape index (κ1) is 17.4. The lowest BCUT2D eigenvalue weighted by Gasteiger charge is -2.44. The Hall–Kier alpha value is -2.67. The van der Waals surface area contributed by atoms with Gasteiger partial charge in [0.1, 0.15) is 0 Å². The fourth-order valence-corrected chi connectivity index (χ4v) is 5.22. The molecule has 0 radical (unpaired) electrons. The molecule has 146 valence electrons. The second kappa shape index (κ2) is 6.17. The molecule has 0 spiro atoms. The van der Waals surface area contributed by atoms with E-state index in [-0.39, 0.29) is 18.0 Å². The molecule has 28 heavy (non-hydrogen) atoms. The molecule has 2 bridgehead atoms. The molecule has 7 heteroatoms. The van der Waals surface area contributed by atoms with Crippen molar-refractivity contribution >= 4 is 16.8 Å². The molecule has 2 saturated heterocycles. The Morgan fingerprint density at radius 3 is 2.71 bits per heavy atom. The molecule has 1 amide bonds. The quantitative estimate of drug-likeness (QED) is 0.757. The highest BCUT2D eigenvalue weighted by Crippen LogP contribution is 2.42. The molecule has 5 heterocycles. The van der Waals surface area contributed by atoms with Crippen LogP contribution in [0.2, 0.25) is 0 Å². The van der Waals surface area contributed by atoms with Crippen LogP contribution in [0.4, 0.5) is 0 Å². The summed E-state index contributed by atoms with van der Waals surface area (Å²) in [7, 11) is 1.84. The third-order valence-electron chi connectivity index (χ3n) is 6.37. The van der Waals surface area contributed by atoms with E-state index in [1.54, 1.807) is 17.1 Å². The minimum atomic E-state index is -0.811. The molecule has 3 atom stereocenters. The number of fused-ring (bicyclic) bond motifs is 3. The lowest BCUT2D eigenvalue weighted by molar-refractivity contribution is -0.0533. The number of nitrogens with zero attached hydrogens (tertiary/aromatic N) is 5.